The average molecular weight is 355 g/mol. The molecule has 1 fully saturated rings. The molecule has 1 aromatic carbocycles. The van der Waals surface area contributed by atoms with Crippen LogP contribution >= 0.6 is 11.6 Å². The molecule has 0 saturated carbocycles. The highest BCUT2D eigenvalue weighted by atomic mass is 35.5. The Morgan fingerprint density at radius 1 is 1.46 bits per heavy atom. The van der Waals surface area contributed by atoms with Gasteiger partial charge in [0.15, 0.2) is 5.96 Å². The zero-order chi connectivity index (χ0) is 17.4. The molecular formula is C17H27ClN4O2. The van der Waals surface area contributed by atoms with Gasteiger partial charge in [0.05, 0.1) is 19.3 Å². The van der Waals surface area contributed by atoms with Crippen LogP contribution in [0.15, 0.2) is 29.3 Å². The van der Waals surface area contributed by atoms with Crippen LogP contribution in [-0.2, 0) is 4.74 Å². The van der Waals surface area contributed by atoms with Gasteiger partial charge in [0.1, 0.15) is 12.4 Å². The fourth-order valence-electron chi connectivity index (χ4n) is 2.52. The summed E-state index contributed by atoms with van der Waals surface area (Å²) in [6.07, 6.45) is 0.194. The van der Waals surface area contributed by atoms with Crippen molar-refractivity contribution in [3.8, 4) is 5.75 Å². The van der Waals surface area contributed by atoms with Gasteiger partial charge < -0.3 is 24.6 Å². The highest BCUT2D eigenvalue weighted by Gasteiger charge is 2.18. The molecule has 6 nitrogen and oxygen atoms in total. The second-order valence-corrected chi connectivity index (χ2v) is 6.34. The molecular weight excluding hydrogens is 328 g/mol. The van der Waals surface area contributed by atoms with Gasteiger partial charge in [-0.15, -0.1) is 0 Å². The maximum atomic E-state index is 5.86. The van der Waals surface area contributed by atoms with Crippen LogP contribution < -0.4 is 10.1 Å². The minimum Gasteiger partial charge on any atom is -0.492 e. The van der Waals surface area contributed by atoms with Crippen molar-refractivity contribution >= 4 is 17.6 Å². The van der Waals surface area contributed by atoms with Gasteiger partial charge in [0, 0.05) is 38.8 Å². The van der Waals surface area contributed by atoms with Crippen molar-refractivity contribution in [3.05, 3.63) is 29.3 Å². The number of nitrogens with zero attached hydrogens (tertiary/aromatic N) is 3. The molecule has 0 spiro atoms. The molecule has 0 aromatic heterocycles. The fourth-order valence-corrected chi connectivity index (χ4v) is 2.64. The monoisotopic (exact) mass is 354 g/mol. The van der Waals surface area contributed by atoms with E-state index < -0.39 is 0 Å². The van der Waals surface area contributed by atoms with Crippen LogP contribution in [-0.4, -0.2) is 82.4 Å². The highest BCUT2D eigenvalue weighted by molar-refractivity contribution is 6.30. The number of benzene rings is 1. The van der Waals surface area contributed by atoms with Gasteiger partial charge in [-0.1, -0.05) is 11.6 Å². The minimum absolute atomic E-state index is 0.194. The summed E-state index contributed by atoms with van der Waals surface area (Å²) in [4.78, 5) is 8.64. The summed E-state index contributed by atoms with van der Waals surface area (Å²) >= 11 is 5.86. The molecule has 0 aliphatic carbocycles. The smallest absolute Gasteiger partial charge is 0.193 e. The Hall–Kier alpha value is -1.50. The number of ether oxygens (including phenoxy) is 2. The van der Waals surface area contributed by atoms with Gasteiger partial charge in [-0.25, -0.2) is 0 Å². The third kappa shape index (κ3) is 6.19. The van der Waals surface area contributed by atoms with E-state index in [-0.39, 0.29) is 6.10 Å². The van der Waals surface area contributed by atoms with Crippen LogP contribution in [0.1, 0.15) is 0 Å². The van der Waals surface area contributed by atoms with Crippen LogP contribution in [0.5, 0.6) is 5.75 Å². The maximum Gasteiger partial charge on any atom is 0.193 e. The van der Waals surface area contributed by atoms with Gasteiger partial charge >= 0.3 is 0 Å². The molecule has 1 unspecified atom stereocenters. The number of rotatable bonds is 6. The topological polar surface area (TPSA) is 49.3 Å². The first kappa shape index (κ1) is 18.8. The number of aliphatic imine (C=N–C) groups is 1. The quantitative estimate of drug-likeness (QED) is 0.620. The first-order valence-corrected chi connectivity index (χ1v) is 8.56. The Morgan fingerprint density at radius 3 is 2.88 bits per heavy atom. The third-order valence-electron chi connectivity index (χ3n) is 3.91. The second kappa shape index (κ2) is 9.71. The zero-order valence-electron chi connectivity index (χ0n) is 14.7. The molecule has 1 heterocycles. The van der Waals surface area contributed by atoms with E-state index in [0.29, 0.717) is 11.6 Å². The van der Waals surface area contributed by atoms with Crippen LogP contribution in [0.2, 0.25) is 5.02 Å². The first-order chi connectivity index (χ1) is 11.6. The summed E-state index contributed by atoms with van der Waals surface area (Å²) in [7, 11) is 5.89. The lowest BCUT2D eigenvalue weighted by atomic mass is 10.3. The van der Waals surface area contributed by atoms with Gasteiger partial charge in [0.2, 0.25) is 0 Å². The van der Waals surface area contributed by atoms with Crippen LogP contribution in [0, 0.1) is 0 Å². The Morgan fingerprint density at radius 2 is 2.21 bits per heavy atom. The van der Waals surface area contributed by atoms with E-state index >= 15 is 0 Å². The molecule has 1 aromatic rings. The van der Waals surface area contributed by atoms with Crippen molar-refractivity contribution in [2.24, 2.45) is 4.99 Å². The third-order valence-corrected chi connectivity index (χ3v) is 4.16. The number of likely N-dealkylation sites (N-methyl/N-ethyl adjacent to an activating group) is 2. The lowest BCUT2D eigenvalue weighted by Crippen LogP contribution is -2.49. The summed E-state index contributed by atoms with van der Waals surface area (Å²) in [6.45, 7) is 4.77. The van der Waals surface area contributed by atoms with Crippen molar-refractivity contribution < 1.29 is 9.47 Å². The lowest BCUT2D eigenvalue weighted by Gasteiger charge is -2.31. The number of nitrogens with one attached hydrogen (secondary N) is 1. The predicted octanol–water partition coefficient (Wildman–Crippen LogP) is 1.56. The molecule has 1 atom stereocenters. The van der Waals surface area contributed by atoms with Crippen LogP contribution in [0.25, 0.3) is 0 Å². The standard InChI is InChI=1S/C17H27ClN4O2/c1-19-17(20-12-16-13-21(2)8-10-24-16)22(3)9-11-23-15-6-4-14(18)5-7-15/h4-7,16H,8-13H2,1-3H3,(H,19,20). The van der Waals surface area contributed by atoms with Gasteiger partial charge in [-0.05, 0) is 31.3 Å². The fraction of sp³-hybridized carbons (Fsp3) is 0.588. The molecule has 1 N–H and O–H groups in total. The van der Waals surface area contributed by atoms with Crippen molar-refractivity contribution in [1.29, 1.82) is 0 Å². The number of hydrogen-bond acceptors (Lipinski definition) is 4. The summed E-state index contributed by atoms with van der Waals surface area (Å²) in [5.74, 6) is 1.65. The Labute approximate surface area is 149 Å². The number of hydrogen-bond donors (Lipinski definition) is 1. The Balaban J connectivity index is 1.70. The van der Waals surface area contributed by atoms with Crippen LogP contribution in [0.3, 0.4) is 0 Å². The maximum absolute atomic E-state index is 5.86. The minimum atomic E-state index is 0.194. The Bertz CT molecular complexity index is 524. The number of halogens is 1. The molecule has 2 rings (SSSR count). The highest BCUT2D eigenvalue weighted by Crippen LogP contribution is 2.15. The molecule has 1 saturated heterocycles. The van der Waals surface area contributed by atoms with E-state index in [0.717, 1.165) is 44.5 Å². The van der Waals surface area contributed by atoms with Crippen LogP contribution in [0.4, 0.5) is 0 Å². The average Bonchev–Trinajstić information content (AvgIpc) is 2.57. The normalized spacial score (nSPS) is 19.2. The van der Waals surface area contributed by atoms with Crippen molar-refractivity contribution in [2.45, 2.75) is 6.10 Å². The summed E-state index contributed by atoms with van der Waals surface area (Å²) in [6, 6.07) is 7.38. The zero-order valence-corrected chi connectivity index (χ0v) is 15.4. The van der Waals surface area contributed by atoms with Gasteiger partial charge in [0.25, 0.3) is 0 Å². The molecule has 0 radical (unpaired) electrons. The van der Waals surface area contributed by atoms with E-state index in [2.05, 4.69) is 22.3 Å². The summed E-state index contributed by atoms with van der Waals surface area (Å²) in [5.41, 5.74) is 0. The molecule has 7 heteroatoms. The van der Waals surface area contributed by atoms with E-state index in [1.165, 1.54) is 0 Å². The van der Waals surface area contributed by atoms with E-state index in [1.807, 2.05) is 36.2 Å². The second-order valence-electron chi connectivity index (χ2n) is 5.91. The first-order valence-electron chi connectivity index (χ1n) is 8.19. The van der Waals surface area contributed by atoms with E-state index in [1.54, 1.807) is 7.05 Å². The predicted molar refractivity (Wildman–Crippen MR) is 98.2 cm³/mol. The van der Waals surface area contributed by atoms with E-state index in [4.69, 9.17) is 21.1 Å². The number of morpholine rings is 1. The van der Waals surface area contributed by atoms with E-state index in [9.17, 15) is 0 Å². The summed E-state index contributed by atoms with van der Waals surface area (Å²) in [5, 5.41) is 4.07. The molecule has 1 aliphatic heterocycles. The summed E-state index contributed by atoms with van der Waals surface area (Å²) < 4.78 is 11.5. The van der Waals surface area contributed by atoms with Gasteiger partial charge in [-0.2, -0.15) is 0 Å². The van der Waals surface area contributed by atoms with Crippen molar-refractivity contribution in [1.82, 2.24) is 15.1 Å². The van der Waals surface area contributed by atoms with Gasteiger partial charge in [-0.3, -0.25) is 4.99 Å². The molecule has 134 valence electrons. The largest absolute Gasteiger partial charge is 0.492 e. The molecule has 1 aliphatic rings. The Kier molecular flexibility index (Phi) is 7.62. The SMILES string of the molecule is CN=C(NCC1CN(C)CCO1)N(C)CCOc1ccc(Cl)cc1. The number of guanidine groups is 1. The van der Waals surface area contributed by atoms with Crippen molar-refractivity contribution in [3.63, 3.8) is 0 Å². The molecule has 0 amide bonds. The lowest BCUT2D eigenvalue weighted by molar-refractivity contribution is -0.0163. The molecule has 24 heavy (non-hydrogen) atoms. The van der Waals surface area contributed by atoms with Crippen molar-refractivity contribution in [2.75, 3.05) is 60.5 Å². The molecule has 0 bridgehead atoms.